The molecule has 1 N–H and O–H groups in total. The molecule has 2 aliphatic rings. The molecule has 0 aromatic carbocycles. The number of hydrogen-bond acceptors (Lipinski definition) is 3. The van der Waals surface area contributed by atoms with Gasteiger partial charge in [-0.3, -0.25) is 0 Å². The van der Waals surface area contributed by atoms with Gasteiger partial charge in [-0.05, 0) is 44.2 Å². The standard InChI is InChI=1S/C15H20F3N3/c16-15(17,18)11-4-7-14(20-9-11)21-8-2-1-3-13(21)10-19-12-5-6-12/h4,7,9,12-13,19H,1-3,5-6,8,10H2. The fraction of sp³-hybridized carbons (Fsp3) is 0.667. The van der Waals surface area contributed by atoms with Crippen LogP contribution in [0.3, 0.4) is 0 Å². The smallest absolute Gasteiger partial charge is 0.352 e. The molecule has 1 saturated carbocycles. The lowest BCUT2D eigenvalue weighted by atomic mass is 10.0. The molecule has 3 nitrogen and oxygen atoms in total. The second-order valence-corrected chi connectivity index (χ2v) is 5.93. The van der Waals surface area contributed by atoms with Gasteiger partial charge in [-0.2, -0.15) is 13.2 Å². The summed E-state index contributed by atoms with van der Waals surface area (Å²) in [4.78, 5) is 6.19. The van der Waals surface area contributed by atoms with Gasteiger partial charge in [0.2, 0.25) is 0 Å². The summed E-state index contributed by atoms with van der Waals surface area (Å²) in [5.74, 6) is 0.658. The van der Waals surface area contributed by atoms with Crippen molar-refractivity contribution in [3.8, 4) is 0 Å². The topological polar surface area (TPSA) is 28.2 Å². The summed E-state index contributed by atoms with van der Waals surface area (Å²) in [6.07, 6.45) is 2.42. The molecule has 2 fully saturated rings. The normalized spacial score (nSPS) is 23.4. The molecule has 6 heteroatoms. The highest BCUT2D eigenvalue weighted by atomic mass is 19.4. The lowest BCUT2D eigenvalue weighted by molar-refractivity contribution is -0.137. The number of hydrogen-bond donors (Lipinski definition) is 1. The maximum atomic E-state index is 12.6. The van der Waals surface area contributed by atoms with Gasteiger partial charge in [-0.25, -0.2) is 4.98 Å². The van der Waals surface area contributed by atoms with Gasteiger partial charge in [0.15, 0.2) is 0 Å². The minimum Gasteiger partial charge on any atom is -0.352 e. The molecule has 116 valence electrons. The molecule has 1 aliphatic heterocycles. The van der Waals surface area contributed by atoms with E-state index in [1.165, 1.54) is 25.3 Å². The van der Waals surface area contributed by atoms with Gasteiger partial charge in [0.25, 0.3) is 0 Å². The molecule has 1 unspecified atom stereocenters. The van der Waals surface area contributed by atoms with Crippen LogP contribution in [0, 0.1) is 0 Å². The van der Waals surface area contributed by atoms with Crippen molar-refractivity contribution in [3.63, 3.8) is 0 Å². The van der Waals surface area contributed by atoms with E-state index in [0.717, 1.165) is 38.2 Å². The fourth-order valence-electron chi connectivity index (χ4n) is 2.83. The van der Waals surface area contributed by atoms with Gasteiger partial charge in [-0.15, -0.1) is 0 Å². The number of halogens is 3. The largest absolute Gasteiger partial charge is 0.417 e. The first-order valence-corrected chi connectivity index (χ1v) is 7.57. The van der Waals surface area contributed by atoms with E-state index in [2.05, 4.69) is 15.2 Å². The lowest BCUT2D eigenvalue weighted by Gasteiger charge is -2.37. The van der Waals surface area contributed by atoms with Crippen molar-refractivity contribution in [2.75, 3.05) is 18.0 Å². The first-order chi connectivity index (χ1) is 10.0. The van der Waals surface area contributed by atoms with Crippen LogP contribution in [-0.4, -0.2) is 30.2 Å². The summed E-state index contributed by atoms with van der Waals surface area (Å²) in [7, 11) is 0. The first-order valence-electron chi connectivity index (χ1n) is 7.57. The zero-order valence-corrected chi connectivity index (χ0v) is 11.9. The third-order valence-electron chi connectivity index (χ3n) is 4.22. The van der Waals surface area contributed by atoms with Crippen molar-refractivity contribution in [1.82, 2.24) is 10.3 Å². The van der Waals surface area contributed by atoms with E-state index >= 15 is 0 Å². The van der Waals surface area contributed by atoms with Crippen LogP contribution in [0.4, 0.5) is 19.0 Å². The molecule has 0 radical (unpaired) electrons. The summed E-state index contributed by atoms with van der Waals surface area (Å²) >= 11 is 0. The van der Waals surface area contributed by atoms with Crippen LogP contribution in [0.5, 0.6) is 0 Å². The average Bonchev–Trinajstić information content (AvgIpc) is 3.29. The number of rotatable bonds is 4. The number of pyridine rings is 1. The number of alkyl halides is 3. The van der Waals surface area contributed by atoms with Crippen LogP contribution in [0.15, 0.2) is 18.3 Å². The number of nitrogens with one attached hydrogen (secondary N) is 1. The first kappa shape index (κ1) is 14.6. The van der Waals surface area contributed by atoms with Crippen LogP contribution in [-0.2, 0) is 6.18 Å². The Morgan fingerprint density at radius 3 is 2.62 bits per heavy atom. The van der Waals surface area contributed by atoms with E-state index in [1.54, 1.807) is 0 Å². The molecule has 0 amide bonds. The van der Waals surface area contributed by atoms with Crippen LogP contribution >= 0.6 is 0 Å². The summed E-state index contributed by atoms with van der Waals surface area (Å²) in [5.41, 5.74) is -0.684. The van der Waals surface area contributed by atoms with Crippen molar-refractivity contribution in [2.24, 2.45) is 0 Å². The Bertz CT molecular complexity index is 468. The van der Waals surface area contributed by atoms with Gasteiger partial charge in [0.1, 0.15) is 5.82 Å². The van der Waals surface area contributed by atoms with E-state index in [0.29, 0.717) is 17.9 Å². The summed E-state index contributed by atoms with van der Waals surface area (Å²) < 4.78 is 37.8. The Morgan fingerprint density at radius 2 is 2.00 bits per heavy atom. The van der Waals surface area contributed by atoms with E-state index in [-0.39, 0.29) is 0 Å². The maximum absolute atomic E-state index is 12.6. The average molecular weight is 299 g/mol. The summed E-state index contributed by atoms with van der Waals surface area (Å²) in [6, 6.07) is 3.61. The molecule has 0 bridgehead atoms. The quantitative estimate of drug-likeness (QED) is 0.925. The van der Waals surface area contributed by atoms with E-state index in [9.17, 15) is 13.2 Å². The second kappa shape index (κ2) is 5.83. The van der Waals surface area contributed by atoms with Crippen molar-refractivity contribution in [2.45, 2.75) is 50.4 Å². The zero-order chi connectivity index (χ0) is 14.9. The molecular weight excluding hydrogens is 279 g/mol. The van der Waals surface area contributed by atoms with Crippen molar-refractivity contribution in [3.05, 3.63) is 23.9 Å². The van der Waals surface area contributed by atoms with Gasteiger partial charge in [-0.1, -0.05) is 0 Å². The van der Waals surface area contributed by atoms with Gasteiger partial charge < -0.3 is 10.2 Å². The molecule has 1 aliphatic carbocycles. The summed E-state index contributed by atoms with van der Waals surface area (Å²) in [5, 5.41) is 3.51. The fourth-order valence-corrected chi connectivity index (χ4v) is 2.83. The molecule has 0 spiro atoms. The van der Waals surface area contributed by atoms with Crippen LogP contribution in [0.25, 0.3) is 0 Å². The van der Waals surface area contributed by atoms with Gasteiger partial charge in [0.05, 0.1) is 5.56 Å². The van der Waals surface area contributed by atoms with Crippen LogP contribution in [0.1, 0.15) is 37.7 Å². The SMILES string of the molecule is FC(F)(F)c1ccc(N2CCCCC2CNC2CC2)nc1. The van der Waals surface area contributed by atoms with Gasteiger partial charge >= 0.3 is 6.18 Å². The van der Waals surface area contributed by atoms with E-state index < -0.39 is 11.7 Å². The van der Waals surface area contributed by atoms with Crippen molar-refractivity contribution < 1.29 is 13.2 Å². The molecular formula is C15H20F3N3. The van der Waals surface area contributed by atoms with Crippen LogP contribution < -0.4 is 10.2 Å². The molecule has 2 heterocycles. The Balaban J connectivity index is 1.69. The van der Waals surface area contributed by atoms with Crippen molar-refractivity contribution in [1.29, 1.82) is 0 Å². The molecule has 3 rings (SSSR count). The molecule has 21 heavy (non-hydrogen) atoms. The highest BCUT2D eigenvalue weighted by Crippen LogP contribution is 2.30. The zero-order valence-electron chi connectivity index (χ0n) is 11.9. The molecule has 1 atom stereocenters. The van der Waals surface area contributed by atoms with Crippen molar-refractivity contribution >= 4 is 5.82 Å². The Labute approximate surface area is 122 Å². The lowest BCUT2D eigenvalue weighted by Crippen LogP contribution is -2.46. The third kappa shape index (κ3) is 3.67. The predicted octanol–water partition coefficient (Wildman–Crippen LogP) is 3.21. The molecule has 1 aromatic rings. The summed E-state index contributed by atoms with van der Waals surface area (Å²) in [6.45, 7) is 1.77. The number of aromatic nitrogens is 1. The minimum absolute atomic E-state index is 0.337. The second-order valence-electron chi connectivity index (χ2n) is 5.93. The predicted molar refractivity (Wildman–Crippen MR) is 75.2 cm³/mol. The Kier molecular flexibility index (Phi) is 4.06. The Morgan fingerprint density at radius 1 is 1.19 bits per heavy atom. The minimum atomic E-state index is -4.32. The number of nitrogens with zero attached hydrogens (tertiary/aromatic N) is 2. The number of anilines is 1. The van der Waals surface area contributed by atoms with Crippen LogP contribution in [0.2, 0.25) is 0 Å². The highest BCUT2D eigenvalue weighted by molar-refractivity contribution is 5.41. The van der Waals surface area contributed by atoms with E-state index in [4.69, 9.17) is 0 Å². The monoisotopic (exact) mass is 299 g/mol. The molecule has 1 aromatic heterocycles. The molecule has 1 saturated heterocycles. The van der Waals surface area contributed by atoms with Gasteiger partial charge in [0, 0.05) is 31.4 Å². The highest BCUT2D eigenvalue weighted by Gasteiger charge is 2.32. The number of piperidine rings is 1. The Hall–Kier alpha value is -1.30. The van der Waals surface area contributed by atoms with E-state index in [1.807, 2.05) is 0 Å². The third-order valence-corrected chi connectivity index (χ3v) is 4.22. The maximum Gasteiger partial charge on any atom is 0.417 e.